The van der Waals surface area contributed by atoms with Crippen LogP contribution in [-0.2, 0) is 12.0 Å². The minimum absolute atomic E-state index is 0.104. The lowest BCUT2D eigenvalue weighted by Crippen LogP contribution is -2.36. The number of nitrogens with one attached hydrogen (secondary N) is 2. The second-order valence-electron chi connectivity index (χ2n) is 4.91. The highest BCUT2D eigenvalue weighted by Gasteiger charge is 2.26. The number of aliphatic hydroxyl groups is 1. The van der Waals surface area contributed by atoms with Gasteiger partial charge < -0.3 is 15.4 Å². The van der Waals surface area contributed by atoms with Gasteiger partial charge in [-0.3, -0.25) is 4.79 Å². The van der Waals surface area contributed by atoms with Gasteiger partial charge in [0, 0.05) is 12.5 Å². The molecule has 5 heteroatoms. The van der Waals surface area contributed by atoms with E-state index in [9.17, 15) is 9.90 Å². The van der Waals surface area contributed by atoms with Crippen LogP contribution < -0.4 is 10.9 Å². The molecule has 2 aromatic rings. The van der Waals surface area contributed by atoms with E-state index in [4.69, 9.17) is 0 Å². The van der Waals surface area contributed by atoms with Crippen molar-refractivity contribution in [2.45, 2.75) is 25.8 Å². The Bertz CT molecular complexity index is 625. The number of anilines is 1. The molecule has 1 aromatic carbocycles. The fraction of sp³-hybridized carbons (Fsp3) is 0.333. The number of aryl methyl sites for hydroxylation is 1. The monoisotopic (exact) mass is 273 g/mol. The van der Waals surface area contributed by atoms with Crippen molar-refractivity contribution in [2.75, 3.05) is 11.9 Å². The zero-order chi connectivity index (χ0) is 14.6. The molecule has 1 atom stereocenters. The second kappa shape index (κ2) is 5.88. The Hall–Kier alpha value is -2.14. The Morgan fingerprint density at radius 1 is 1.35 bits per heavy atom. The molecule has 0 aliphatic heterocycles. The number of aliphatic hydroxyl groups excluding tert-OH is 1. The highest BCUT2D eigenvalue weighted by Crippen LogP contribution is 2.24. The van der Waals surface area contributed by atoms with Crippen molar-refractivity contribution >= 4 is 5.82 Å². The molecular weight excluding hydrogens is 254 g/mol. The van der Waals surface area contributed by atoms with Crippen molar-refractivity contribution in [2.24, 2.45) is 0 Å². The number of hydrogen-bond acceptors (Lipinski definition) is 4. The van der Waals surface area contributed by atoms with Crippen LogP contribution in [0.5, 0.6) is 0 Å². The molecule has 106 valence electrons. The molecular formula is C15H19N3O2. The summed E-state index contributed by atoms with van der Waals surface area (Å²) in [7, 11) is 0. The van der Waals surface area contributed by atoms with Crippen LogP contribution in [0.25, 0.3) is 0 Å². The summed E-state index contributed by atoms with van der Waals surface area (Å²) in [5.41, 5.74) is 0.0444. The molecule has 0 amide bonds. The van der Waals surface area contributed by atoms with Crippen LogP contribution in [0.2, 0.25) is 0 Å². The van der Waals surface area contributed by atoms with Crippen molar-refractivity contribution in [3.63, 3.8) is 0 Å². The second-order valence-corrected chi connectivity index (χ2v) is 4.91. The first kappa shape index (κ1) is 14.3. The molecule has 20 heavy (non-hydrogen) atoms. The van der Waals surface area contributed by atoms with Gasteiger partial charge in [-0.1, -0.05) is 37.3 Å². The molecule has 5 nitrogen and oxygen atoms in total. The molecule has 0 fully saturated rings. The van der Waals surface area contributed by atoms with Crippen LogP contribution in [0.1, 0.15) is 25.2 Å². The van der Waals surface area contributed by atoms with E-state index in [1.165, 1.54) is 6.07 Å². The van der Waals surface area contributed by atoms with Crippen LogP contribution in [0.3, 0.4) is 0 Å². The number of rotatable bonds is 5. The van der Waals surface area contributed by atoms with Crippen molar-refractivity contribution in [1.82, 2.24) is 9.97 Å². The van der Waals surface area contributed by atoms with Crippen molar-refractivity contribution in [3.05, 3.63) is 58.1 Å². The van der Waals surface area contributed by atoms with Gasteiger partial charge in [0.25, 0.3) is 5.56 Å². The minimum Gasteiger partial charge on any atom is -0.394 e. The summed E-state index contributed by atoms with van der Waals surface area (Å²) < 4.78 is 0. The molecule has 1 heterocycles. The Balaban J connectivity index is 2.35. The Morgan fingerprint density at radius 3 is 2.65 bits per heavy atom. The van der Waals surface area contributed by atoms with Crippen molar-refractivity contribution < 1.29 is 5.11 Å². The summed E-state index contributed by atoms with van der Waals surface area (Å²) in [6.45, 7) is 3.69. The Labute approximate surface area is 117 Å². The first-order chi connectivity index (χ1) is 9.57. The molecule has 1 aromatic heterocycles. The zero-order valence-corrected chi connectivity index (χ0v) is 11.7. The summed E-state index contributed by atoms with van der Waals surface area (Å²) >= 11 is 0. The van der Waals surface area contributed by atoms with E-state index in [2.05, 4.69) is 15.3 Å². The maximum Gasteiger partial charge on any atom is 0.252 e. The van der Waals surface area contributed by atoms with E-state index in [1.54, 1.807) is 0 Å². The third-order valence-corrected chi connectivity index (χ3v) is 3.26. The Kier molecular flexibility index (Phi) is 4.20. The van der Waals surface area contributed by atoms with Crippen LogP contribution in [0.4, 0.5) is 5.82 Å². The van der Waals surface area contributed by atoms with Gasteiger partial charge in [-0.05, 0) is 12.5 Å². The van der Waals surface area contributed by atoms with E-state index in [0.717, 1.165) is 5.56 Å². The highest BCUT2D eigenvalue weighted by atomic mass is 16.3. The lowest BCUT2D eigenvalue weighted by atomic mass is 9.93. The average Bonchev–Trinajstić information content (AvgIpc) is 2.47. The summed E-state index contributed by atoms with van der Waals surface area (Å²) in [5.74, 6) is 1.08. The van der Waals surface area contributed by atoms with Gasteiger partial charge in [0.2, 0.25) is 0 Å². The highest BCUT2D eigenvalue weighted by molar-refractivity contribution is 5.41. The topological polar surface area (TPSA) is 78.0 Å². The molecule has 0 aliphatic rings. The molecule has 1 unspecified atom stereocenters. The number of hydrogen-bond donors (Lipinski definition) is 3. The number of nitrogens with zero attached hydrogens (tertiary/aromatic N) is 1. The summed E-state index contributed by atoms with van der Waals surface area (Å²) in [4.78, 5) is 18.6. The van der Waals surface area contributed by atoms with Gasteiger partial charge in [0.1, 0.15) is 11.6 Å². The van der Waals surface area contributed by atoms with E-state index >= 15 is 0 Å². The van der Waals surface area contributed by atoms with Gasteiger partial charge >= 0.3 is 0 Å². The molecule has 0 bridgehead atoms. The standard InChI is InChI=1S/C15H19N3O2/c1-3-12-16-13(9-14(20)17-12)18-15(2,10-19)11-7-5-4-6-8-11/h4-9,19H,3,10H2,1-2H3,(H2,16,17,18,20). The Morgan fingerprint density at radius 2 is 2.05 bits per heavy atom. The first-order valence-electron chi connectivity index (χ1n) is 6.62. The largest absolute Gasteiger partial charge is 0.394 e. The lowest BCUT2D eigenvalue weighted by Gasteiger charge is -2.30. The molecule has 2 rings (SSSR count). The van der Waals surface area contributed by atoms with Gasteiger partial charge in [-0.25, -0.2) is 4.98 Å². The maximum absolute atomic E-state index is 11.6. The quantitative estimate of drug-likeness (QED) is 0.774. The predicted molar refractivity (Wildman–Crippen MR) is 78.7 cm³/mol. The summed E-state index contributed by atoms with van der Waals surface area (Å²) in [6.07, 6.45) is 0.645. The van der Waals surface area contributed by atoms with Gasteiger partial charge in [-0.2, -0.15) is 0 Å². The van der Waals surface area contributed by atoms with Crippen LogP contribution in [0.15, 0.2) is 41.2 Å². The summed E-state index contributed by atoms with van der Waals surface area (Å²) in [5, 5.41) is 12.9. The average molecular weight is 273 g/mol. The normalized spacial score (nSPS) is 13.8. The third kappa shape index (κ3) is 3.05. The molecule has 0 aliphatic carbocycles. The fourth-order valence-electron chi connectivity index (χ4n) is 2.03. The molecule has 0 radical (unpaired) electrons. The number of benzene rings is 1. The van der Waals surface area contributed by atoms with Gasteiger partial charge in [0.15, 0.2) is 0 Å². The number of H-pyrrole nitrogens is 1. The van der Waals surface area contributed by atoms with Crippen molar-refractivity contribution in [3.8, 4) is 0 Å². The van der Waals surface area contributed by atoms with Gasteiger partial charge in [-0.15, -0.1) is 0 Å². The predicted octanol–water partition coefficient (Wildman–Crippen LogP) is 1.65. The smallest absolute Gasteiger partial charge is 0.252 e. The maximum atomic E-state index is 11.6. The fourth-order valence-corrected chi connectivity index (χ4v) is 2.03. The van der Waals surface area contributed by atoms with E-state index < -0.39 is 5.54 Å². The molecule has 0 saturated heterocycles. The van der Waals surface area contributed by atoms with Gasteiger partial charge in [0.05, 0.1) is 12.1 Å². The number of aromatic nitrogens is 2. The van der Waals surface area contributed by atoms with Crippen molar-refractivity contribution in [1.29, 1.82) is 0 Å². The SMILES string of the molecule is CCc1nc(NC(C)(CO)c2ccccc2)cc(=O)[nH]1. The molecule has 0 spiro atoms. The third-order valence-electron chi connectivity index (χ3n) is 3.26. The molecule has 3 N–H and O–H groups in total. The minimum atomic E-state index is -0.687. The molecule has 0 saturated carbocycles. The van der Waals surface area contributed by atoms with Crippen LogP contribution >= 0.6 is 0 Å². The van der Waals surface area contributed by atoms with E-state index in [-0.39, 0.29) is 12.2 Å². The van der Waals surface area contributed by atoms with E-state index in [0.29, 0.717) is 18.1 Å². The zero-order valence-electron chi connectivity index (χ0n) is 11.7. The van der Waals surface area contributed by atoms with Crippen LogP contribution in [-0.4, -0.2) is 21.7 Å². The lowest BCUT2D eigenvalue weighted by molar-refractivity contribution is 0.223. The summed E-state index contributed by atoms with van der Waals surface area (Å²) in [6, 6.07) is 11.0. The first-order valence-corrected chi connectivity index (χ1v) is 6.62. The number of aromatic amines is 1. The van der Waals surface area contributed by atoms with E-state index in [1.807, 2.05) is 44.2 Å². The van der Waals surface area contributed by atoms with Crippen LogP contribution in [0, 0.1) is 0 Å².